The minimum Gasteiger partial charge on any atom is -0.341 e. The second kappa shape index (κ2) is 5.21. The first-order valence-corrected chi connectivity index (χ1v) is 5.88. The van der Waals surface area contributed by atoms with Gasteiger partial charge < -0.3 is 11.1 Å². The molecular weight excluding hydrogens is 232 g/mol. The van der Waals surface area contributed by atoms with E-state index < -0.39 is 0 Å². The van der Waals surface area contributed by atoms with Gasteiger partial charge in [0.25, 0.3) is 0 Å². The number of amides is 1. The molecule has 0 radical (unpaired) electrons. The molecular formula is C13H14N2OS. The normalized spacial score (nSPS) is 22.1. The minimum atomic E-state index is -0.386. The molecule has 1 heterocycles. The zero-order chi connectivity index (χ0) is 12.3. The Balaban J connectivity index is 0.000000136. The number of nitrogens with two attached hydrogens (primary N) is 1. The van der Waals surface area contributed by atoms with Crippen molar-refractivity contribution in [3.8, 4) is 0 Å². The largest absolute Gasteiger partial charge is 0.341 e. The van der Waals surface area contributed by atoms with Crippen LogP contribution >= 0.6 is 12.6 Å². The summed E-state index contributed by atoms with van der Waals surface area (Å²) in [5.74, 6) is -0.111. The molecule has 0 spiro atoms. The van der Waals surface area contributed by atoms with E-state index in [0.29, 0.717) is 0 Å². The first kappa shape index (κ1) is 12.0. The summed E-state index contributed by atoms with van der Waals surface area (Å²) in [7, 11) is 0. The zero-order valence-electron chi connectivity index (χ0n) is 9.21. The maximum Gasteiger partial charge on any atom is 0.240 e. The summed E-state index contributed by atoms with van der Waals surface area (Å²) in [6.45, 7) is 0. The third kappa shape index (κ3) is 2.78. The van der Waals surface area contributed by atoms with Crippen molar-refractivity contribution < 1.29 is 4.79 Å². The van der Waals surface area contributed by atoms with Gasteiger partial charge in [0.15, 0.2) is 0 Å². The molecule has 0 aliphatic carbocycles. The molecule has 0 aromatic heterocycles. The van der Waals surface area contributed by atoms with E-state index in [2.05, 4.69) is 66.5 Å². The van der Waals surface area contributed by atoms with E-state index >= 15 is 0 Å². The number of hydrogen-bond donors (Lipinski definition) is 3. The van der Waals surface area contributed by atoms with Crippen LogP contribution in [0.3, 0.4) is 0 Å². The molecule has 0 saturated carbocycles. The standard InChI is InChI=1S/C10H8.C3H6N2OS/c1-2-6-10-8-4-3-7-9(10)5-1;4-1-2(6)5-3(1)7/h1-8H;1,3,7H,4H2,(H,5,6). The van der Waals surface area contributed by atoms with Crippen LogP contribution in [0.5, 0.6) is 0 Å². The number of fused-ring (bicyclic) bond motifs is 1. The molecule has 17 heavy (non-hydrogen) atoms. The molecule has 1 amide bonds. The predicted octanol–water partition coefficient (Wildman–Crippen LogP) is 1.54. The lowest BCUT2D eigenvalue weighted by molar-refractivity contribution is -0.128. The van der Waals surface area contributed by atoms with Gasteiger partial charge >= 0.3 is 0 Å². The van der Waals surface area contributed by atoms with Crippen molar-refractivity contribution in [2.45, 2.75) is 11.4 Å². The molecule has 2 atom stereocenters. The number of benzene rings is 2. The first-order chi connectivity index (χ1) is 8.18. The van der Waals surface area contributed by atoms with Gasteiger partial charge in [-0.2, -0.15) is 12.6 Å². The third-order valence-electron chi connectivity index (χ3n) is 2.59. The molecule has 2 aromatic carbocycles. The van der Waals surface area contributed by atoms with Gasteiger partial charge in [0.1, 0.15) is 6.04 Å². The van der Waals surface area contributed by atoms with Crippen LogP contribution in [0.2, 0.25) is 0 Å². The van der Waals surface area contributed by atoms with E-state index in [4.69, 9.17) is 5.73 Å². The maximum absolute atomic E-state index is 10.2. The van der Waals surface area contributed by atoms with Crippen LogP contribution in [0.25, 0.3) is 10.8 Å². The van der Waals surface area contributed by atoms with Crippen LogP contribution in [-0.2, 0) is 4.79 Å². The molecule has 1 aliphatic heterocycles. The molecule has 0 bridgehead atoms. The van der Waals surface area contributed by atoms with Gasteiger partial charge in [0, 0.05) is 0 Å². The Morgan fingerprint density at radius 2 is 1.41 bits per heavy atom. The van der Waals surface area contributed by atoms with Gasteiger partial charge in [-0.15, -0.1) is 0 Å². The Bertz CT molecular complexity index is 464. The van der Waals surface area contributed by atoms with Crippen LogP contribution in [0.1, 0.15) is 0 Å². The highest BCUT2D eigenvalue weighted by atomic mass is 32.1. The van der Waals surface area contributed by atoms with E-state index in [1.54, 1.807) is 0 Å². The highest BCUT2D eigenvalue weighted by Gasteiger charge is 2.32. The van der Waals surface area contributed by atoms with Crippen LogP contribution in [-0.4, -0.2) is 17.3 Å². The lowest BCUT2D eigenvalue weighted by atomic mass is 10.1. The number of nitrogens with one attached hydrogen (secondary N) is 1. The fourth-order valence-corrected chi connectivity index (χ4v) is 1.77. The van der Waals surface area contributed by atoms with Crippen molar-refractivity contribution in [2.75, 3.05) is 0 Å². The van der Waals surface area contributed by atoms with Crippen molar-refractivity contribution in [2.24, 2.45) is 5.73 Å². The predicted molar refractivity (Wildman–Crippen MR) is 72.8 cm³/mol. The topological polar surface area (TPSA) is 55.1 Å². The van der Waals surface area contributed by atoms with E-state index in [1.807, 2.05) is 0 Å². The smallest absolute Gasteiger partial charge is 0.240 e. The molecule has 2 aromatic rings. The van der Waals surface area contributed by atoms with Gasteiger partial charge in [-0.3, -0.25) is 4.79 Å². The molecule has 3 N–H and O–H groups in total. The molecule has 1 saturated heterocycles. The van der Waals surface area contributed by atoms with Crippen molar-refractivity contribution >= 4 is 29.3 Å². The summed E-state index contributed by atoms with van der Waals surface area (Å²) < 4.78 is 0. The molecule has 3 rings (SSSR count). The summed E-state index contributed by atoms with van der Waals surface area (Å²) in [6.07, 6.45) is 0. The highest BCUT2D eigenvalue weighted by Crippen LogP contribution is 2.11. The lowest BCUT2D eigenvalue weighted by Crippen LogP contribution is -2.63. The molecule has 88 valence electrons. The maximum atomic E-state index is 10.2. The molecule has 1 fully saturated rings. The van der Waals surface area contributed by atoms with Crippen molar-refractivity contribution in [3.05, 3.63) is 48.5 Å². The van der Waals surface area contributed by atoms with Gasteiger partial charge in [-0.25, -0.2) is 0 Å². The minimum absolute atomic E-state index is 0.111. The molecule has 3 nitrogen and oxygen atoms in total. The van der Waals surface area contributed by atoms with Gasteiger partial charge in [-0.05, 0) is 10.8 Å². The van der Waals surface area contributed by atoms with Crippen molar-refractivity contribution in [1.29, 1.82) is 0 Å². The van der Waals surface area contributed by atoms with Crippen LogP contribution < -0.4 is 11.1 Å². The number of thiol groups is 1. The second-order valence-corrected chi connectivity index (χ2v) is 4.38. The average molecular weight is 246 g/mol. The third-order valence-corrected chi connectivity index (χ3v) is 3.04. The number of carbonyl (C=O) groups excluding carboxylic acids is 1. The molecule has 1 aliphatic rings. The quantitative estimate of drug-likeness (QED) is 0.488. The van der Waals surface area contributed by atoms with Crippen LogP contribution in [0.4, 0.5) is 0 Å². The van der Waals surface area contributed by atoms with E-state index in [9.17, 15) is 4.79 Å². The van der Waals surface area contributed by atoms with E-state index in [-0.39, 0.29) is 17.3 Å². The summed E-state index contributed by atoms with van der Waals surface area (Å²) in [5.41, 5.74) is 5.18. The Labute approximate surface area is 105 Å². The number of carbonyl (C=O) groups is 1. The molecule has 4 heteroatoms. The zero-order valence-corrected chi connectivity index (χ0v) is 10.1. The van der Waals surface area contributed by atoms with Gasteiger partial charge in [0.05, 0.1) is 5.37 Å². The second-order valence-electron chi connectivity index (χ2n) is 3.83. The fourth-order valence-electron chi connectivity index (χ4n) is 1.51. The summed E-state index contributed by atoms with van der Waals surface area (Å²) in [6, 6.07) is 16.3. The lowest BCUT2D eigenvalue weighted by Gasteiger charge is -2.29. The van der Waals surface area contributed by atoms with E-state index in [0.717, 1.165) is 0 Å². The summed E-state index contributed by atoms with van der Waals surface area (Å²) >= 11 is 3.88. The van der Waals surface area contributed by atoms with Crippen LogP contribution in [0.15, 0.2) is 48.5 Å². The van der Waals surface area contributed by atoms with E-state index in [1.165, 1.54) is 10.8 Å². The number of rotatable bonds is 0. The Morgan fingerprint density at radius 3 is 1.59 bits per heavy atom. The number of β-lactam (4-membered cyclic amide) rings is 1. The first-order valence-electron chi connectivity index (χ1n) is 5.36. The van der Waals surface area contributed by atoms with Gasteiger partial charge in [0.2, 0.25) is 5.91 Å². The highest BCUT2D eigenvalue weighted by molar-refractivity contribution is 7.81. The van der Waals surface area contributed by atoms with Crippen LogP contribution in [0, 0.1) is 0 Å². The summed E-state index contributed by atoms with van der Waals surface area (Å²) in [5, 5.41) is 4.96. The van der Waals surface area contributed by atoms with Gasteiger partial charge in [-0.1, -0.05) is 48.5 Å². The summed E-state index contributed by atoms with van der Waals surface area (Å²) in [4.78, 5) is 10.2. The van der Waals surface area contributed by atoms with Crippen molar-refractivity contribution in [3.63, 3.8) is 0 Å². The SMILES string of the molecule is NC1C(=O)NC1S.c1ccc2ccccc2c1. The Kier molecular flexibility index (Phi) is 3.66. The fraction of sp³-hybridized carbons (Fsp3) is 0.154. The van der Waals surface area contributed by atoms with Crippen molar-refractivity contribution in [1.82, 2.24) is 5.32 Å². The Morgan fingerprint density at radius 1 is 1.00 bits per heavy atom. The monoisotopic (exact) mass is 246 g/mol. The molecule has 2 unspecified atom stereocenters. The number of hydrogen-bond acceptors (Lipinski definition) is 3. The average Bonchev–Trinajstić information content (AvgIpc) is 2.40. The Hall–Kier alpha value is -1.52.